The summed E-state index contributed by atoms with van der Waals surface area (Å²) in [6, 6.07) is 5.51. The Bertz CT molecular complexity index is 528. The second-order valence-electron chi connectivity index (χ2n) is 3.00. The Morgan fingerprint density at radius 1 is 1.27 bits per heavy atom. The van der Waals surface area contributed by atoms with Gasteiger partial charge in [-0.1, -0.05) is 23.2 Å². The molecule has 0 unspecified atom stereocenters. The van der Waals surface area contributed by atoms with Crippen molar-refractivity contribution in [1.29, 1.82) is 0 Å². The van der Waals surface area contributed by atoms with E-state index in [1.165, 1.54) is 0 Å². The van der Waals surface area contributed by atoms with E-state index in [1.54, 1.807) is 0 Å². The molecule has 0 radical (unpaired) electrons. The average molecular weight is 325 g/mol. The van der Waals surface area contributed by atoms with Crippen LogP contribution in [0.1, 0.15) is 5.56 Å². The van der Waals surface area contributed by atoms with E-state index in [4.69, 9.17) is 34.8 Å². The highest BCUT2D eigenvalue weighted by molar-refractivity contribution is 9.10. The van der Waals surface area contributed by atoms with Gasteiger partial charge < -0.3 is 0 Å². The second kappa shape index (κ2) is 4.46. The van der Waals surface area contributed by atoms with E-state index >= 15 is 0 Å². The SMILES string of the molecule is ClCc1cc2c(Cl)ccc(Br)c2nc1Cl. The van der Waals surface area contributed by atoms with Crippen LogP contribution in [0.4, 0.5) is 0 Å². The molecular formula is C10H5BrCl3N. The van der Waals surface area contributed by atoms with Crippen LogP contribution in [0.15, 0.2) is 22.7 Å². The number of alkyl halides is 1. The summed E-state index contributed by atoms with van der Waals surface area (Å²) in [6.45, 7) is 0. The molecule has 0 fully saturated rings. The Kier molecular flexibility index (Phi) is 3.41. The lowest BCUT2D eigenvalue weighted by molar-refractivity contribution is 1.30. The highest BCUT2D eigenvalue weighted by Crippen LogP contribution is 2.31. The smallest absolute Gasteiger partial charge is 0.134 e. The standard InChI is InChI=1S/C10H5BrCl3N/c11-7-1-2-8(13)6-3-5(4-12)10(14)15-9(6)7/h1-3H,4H2. The van der Waals surface area contributed by atoms with Gasteiger partial charge in [-0.25, -0.2) is 4.98 Å². The third-order valence-corrected chi connectivity index (χ3v) is 3.64. The van der Waals surface area contributed by atoms with Gasteiger partial charge in [0.1, 0.15) is 5.15 Å². The summed E-state index contributed by atoms with van der Waals surface area (Å²) in [6.07, 6.45) is 0. The van der Waals surface area contributed by atoms with Crippen LogP contribution in [0.2, 0.25) is 10.2 Å². The first-order valence-electron chi connectivity index (χ1n) is 4.12. The van der Waals surface area contributed by atoms with Crippen LogP contribution in [0, 0.1) is 0 Å². The van der Waals surface area contributed by atoms with Gasteiger partial charge in [0.2, 0.25) is 0 Å². The molecule has 1 nitrogen and oxygen atoms in total. The zero-order chi connectivity index (χ0) is 11.0. The average Bonchev–Trinajstić information content (AvgIpc) is 2.23. The maximum Gasteiger partial charge on any atom is 0.134 e. The van der Waals surface area contributed by atoms with Crippen LogP contribution in [0.25, 0.3) is 10.9 Å². The van der Waals surface area contributed by atoms with E-state index in [-0.39, 0.29) is 0 Å². The van der Waals surface area contributed by atoms with Crippen LogP contribution in [-0.2, 0) is 5.88 Å². The molecule has 0 aliphatic heterocycles. The number of aromatic nitrogens is 1. The molecule has 15 heavy (non-hydrogen) atoms. The van der Waals surface area contributed by atoms with Crippen molar-refractivity contribution in [1.82, 2.24) is 4.98 Å². The largest absolute Gasteiger partial charge is 0.235 e. The molecule has 0 aliphatic rings. The van der Waals surface area contributed by atoms with E-state index in [1.807, 2.05) is 18.2 Å². The minimum absolute atomic E-state index is 0.324. The van der Waals surface area contributed by atoms with Crippen LogP contribution in [0.3, 0.4) is 0 Å². The lowest BCUT2D eigenvalue weighted by atomic mass is 10.2. The van der Waals surface area contributed by atoms with Crippen LogP contribution >= 0.6 is 50.7 Å². The molecule has 0 N–H and O–H groups in total. The number of halogens is 4. The van der Waals surface area contributed by atoms with Crippen molar-refractivity contribution in [2.45, 2.75) is 5.88 Å². The molecule has 0 atom stereocenters. The first kappa shape index (κ1) is 11.5. The first-order valence-corrected chi connectivity index (χ1v) is 6.21. The molecule has 0 saturated heterocycles. The molecule has 0 bridgehead atoms. The fourth-order valence-corrected chi connectivity index (χ4v) is 2.42. The zero-order valence-electron chi connectivity index (χ0n) is 7.40. The monoisotopic (exact) mass is 323 g/mol. The summed E-state index contributed by atoms with van der Waals surface area (Å²) in [5.74, 6) is 0.324. The molecule has 0 saturated carbocycles. The molecule has 1 heterocycles. The van der Waals surface area contributed by atoms with Crippen molar-refractivity contribution in [3.8, 4) is 0 Å². The number of benzene rings is 1. The van der Waals surface area contributed by atoms with E-state index in [0.717, 1.165) is 20.9 Å². The minimum atomic E-state index is 0.324. The highest BCUT2D eigenvalue weighted by atomic mass is 79.9. The molecular weight excluding hydrogens is 320 g/mol. The van der Waals surface area contributed by atoms with Gasteiger partial charge in [0, 0.05) is 15.4 Å². The second-order valence-corrected chi connectivity index (χ2v) is 4.88. The lowest BCUT2D eigenvalue weighted by Gasteiger charge is -2.06. The van der Waals surface area contributed by atoms with Gasteiger partial charge in [0.05, 0.1) is 16.4 Å². The third-order valence-electron chi connectivity index (χ3n) is 2.05. The van der Waals surface area contributed by atoms with Crippen molar-refractivity contribution < 1.29 is 0 Å². The summed E-state index contributed by atoms with van der Waals surface area (Å²) in [4.78, 5) is 4.26. The molecule has 2 aromatic rings. The Hall–Kier alpha value is -0.0200. The third kappa shape index (κ3) is 2.09. The van der Waals surface area contributed by atoms with Gasteiger partial charge in [-0.3, -0.25) is 0 Å². The van der Waals surface area contributed by atoms with Gasteiger partial charge >= 0.3 is 0 Å². The van der Waals surface area contributed by atoms with E-state index in [2.05, 4.69) is 20.9 Å². The highest BCUT2D eigenvalue weighted by Gasteiger charge is 2.09. The van der Waals surface area contributed by atoms with Gasteiger partial charge in [-0.2, -0.15) is 0 Å². The summed E-state index contributed by atoms with van der Waals surface area (Å²) in [5.41, 5.74) is 1.53. The predicted molar refractivity (Wildman–Crippen MR) is 69.0 cm³/mol. The van der Waals surface area contributed by atoms with Crippen LogP contribution < -0.4 is 0 Å². The molecule has 2 rings (SSSR count). The Morgan fingerprint density at radius 2 is 2.00 bits per heavy atom. The summed E-state index contributed by atoms with van der Waals surface area (Å²) < 4.78 is 0.866. The van der Waals surface area contributed by atoms with E-state index < -0.39 is 0 Å². The van der Waals surface area contributed by atoms with Gasteiger partial charge in [0.25, 0.3) is 0 Å². The van der Waals surface area contributed by atoms with Gasteiger partial charge in [-0.05, 0) is 34.1 Å². The molecule has 0 spiro atoms. The Labute approximate surface area is 110 Å². The topological polar surface area (TPSA) is 12.9 Å². The number of rotatable bonds is 1. The normalized spacial score (nSPS) is 10.9. The van der Waals surface area contributed by atoms with Gasteiger partial charge in [0.15, 0.2) is 0 Å². The molecule has 1 aromatic carbocycles. The maximum absolute atomic E-state index is 6.06. The zero-order valence-corrected chi connectivity index (χ0v) is 11.3. The Balaban J connectivity index is 2.86. The predicted octanol–water partition coefficient (Wildman–Crippen LogP) is 5.04. The number of pyridine rings is 1. The van der Waals surface area contributed by atoms with Crippen molar-refractivity contribution in [3.05, 3.63) is 38.4 Å². The van der Waals surface area contributed by atoms with E-state index in [9.17, 15) is 0 Å². The fourth-order valence-electron chi connectivity index (χ4n) is 1.31. The summed E-state index contributed by atoms with van der Waals surface area (Å²) >= 11 is 21.2. The number of hydrogen-bond acceptors (Lipinski definition) is 1. The number of fused-ring (bicyclic) bond motifs is 1. The Morgan fingerprint density at radius 3 is 2.67 bits per heavy atom. The van der Waals surface area contributed by atoms with Crippen molar-refractivity contribution in [2.75, 3.05) is 0 Å². The maximum atomic E-state index is 6.06. The minimum Gasteiger partial charge on any atom is -0.235 e. The fraction of sp³-hybridized carbons (Fsp3) is 0.100. The summed E-state index contributed by atoms with van der Waals surface area (Å²) in [7, 11) is 0. The molecule has 0 aliphatic carbocycles. The molecule has 5 heteroatoms. The molecule has 78 valence electrons. The van der Waals surface area contributed by atoms with Crippen molar-refractivity contribution in [3.63, 3.8) is 0 Å². The van der Waals surface area contributed by atoms with Crippen molar-refractivity contribution in [2.24, 2.45) is 0 Å². The van der Waals surface area contributed by atoms with Crippen LogP contribution in [0.5, 0.6) is 0 Å². The summed E-state index contributed by atoms with van der Waals surface area (Å²) in [5, 5.41) is 1.91. The van der Waals surface area contributed by atoms with Crippen LogP contribution in [-0.4, -0.2) is 4.98 Å². The first-order chi connectivity index (χ1) is 7.13. The van der Waals surface area contributed by atoms with E-state index in [0.29, 0.717) is 16.1 Å². The quantitative estimate of drug-likeness (QED) is 0.528. The van der Waals surface area contributed by atoms with Crippen molar-refractivity contribution >= 4 is 61.6 Å². The molecule has 1 aromatic heterocycles. The number of hydrogen-bond donors (Lipinski definition) is 0. The lowest BCUT2D eigenvalue weighted by Crippen LogP contribution is -1.88. The number of nitrogens with zero attached hydrogens (tertiary/aromatic N) is 1. The van der Waals surface area contributed by atoms with Gasteiger partial charge in [-0.15, -0.1) is 11.6 Å². The molecule has 0 amide bonds.